The summed E-state index contributed by atoms with van der Waals surface area (Å²) < 4.78 is 20.6. The summed E-state index contributed by atoms with van der Waals surface area (Å²) in [6.07, 6.45) is 0.0875. The number of cyclic esters (lactones) is 1. The summed E-state index contributed by atoms with van der Waals surface area (Å²) >= 11 is 0. The van der Waals surface area contributed by atoms with E-state index in [1.165, 1.54) is 6.07 Å². The Morgan fingerprint density at radius 1 is 1.29 bits per heavy atom. The summed E-state index contributed by atoms with van der Waals surface area (Å²) in [6, 6.07) is 6.67. The van der Waals surface area contributed by atoms with Gasteiger partial charge in [-0.15, -0.1) is 0 Å². The molecule has 2 aliphatic heterocycles. The number of halogens is 1. The Kier molecular flexibility index (Phi) is 3.34. The number of aryl methyl sites for hydroxylation is 1. The highest BCUT2D eigenvalue weighted by atomic mass is 19.1. The van der Waals surface area contributed by atoms with Gasteiger partial charge in [0.1, 0.15) is 12.4 Å². The number of carbonyl (C=O) groups excluding carboxylic acids is 1. The van der Waals surface area contributed by atoms with E-state index in [1.54, 1.807) is 30.5 Å². The van der Waals surface area contributed by atoms with Crippen LogP contribution in [0, 0.1) is 12.7 Å². The van der Waals surface area contributed by atoms with E-state index in [0.717, 1.165) is 10.9 Å². The molecule has 3 aromatic rings. The number of esters is 1. The Balaban J connectivity index is 1.80. The van der Waals surface area contributed by atoms with Gasteiger partial charge in [-0.1, -0.05) is 6.92 Å². The third-order valence-corrected chi connectivity index (χ3v) is 5.79. The molecular formula is C21H17FN2O4. The number of pyridine rings is 2. The summed E-state index contributed by atoms with van der Waals surface area (Å²) in [5.41, 5.74) is 1.33. The van der Waals surface area contributed by atoms with Gasteiger partial charge in [0.25, 0.3) is 5.56 Å². The highest BCUT2D eigenvalue weighted by molar-refractivity contribution is 5.86. The Labute approximate surface area is 159 Å². The maximum atomic E-state index is 14.0. The van der Waals surface area contributed by atoms with Crippen LogP contribution in [0.4, 0.5) is 4.39 Å². The molecule has 7 heteroatoms. The third-order valence-electron chi connectivity index (χ3n) is 5.79. The van der Waals surface area contributed by atoms with Gasteiger partial charge in [0.15, 0.2) is 5.60 Å². The molecule has 4 heterocycles. The first kappa shape index (κ1) is 17.1. The predicted octanol–water partition coefficient (Wildman–Crippen LogP) is 2.53. The smallest absolute Gasteiger partial charge is 0.343 e. The Morgan fingerprint density at radius 2 is 2.07 bits per heavy atom. The van der Waals surface area contributed by atoms with Crippen molar-refractivity contribution >= 4 is 16.9 Å². The number of aliphatic hydroxyl groups is 1. The van der Waals surface area contributed by atoms with Gasteiger partial charge in [-0.2, -0.15) is 0 Å². The number of nitrogens with zero attached hydrogens (tertiary/aromatic N) is 2. The van der Waals surface area contributed by atoms with Crippen LogP contribution in [0.25, 0.3) is 22.3 Å². The highest BCUT2D eigenvalue weighted by Gasteiger charge is 2.45. The molecule has 0 radical (unpaired) electrons. The van der Waals surface area contributed by atoms with Crippen molar-refractivity contribution in [2.24, 2.45) is 0 Å². The minimum atomic E-state index is -1.86. The molecule has 5 rings (SSSR count). The number of benzene rings is 1. The van der Waals surface area contributed by atoms with Crippen LogP contribution in [-0.2, 0) is 28.3 Å². The van der Waals surface area contributed by atoms with Crippen LogP contribution in [0.5, 0.6) is 0 Å². The van der Waals surface area contributed by atoms with E-state index in [1.807, 2.05) is 6.07 Å². The number of rotatable bonds is 1. The summed E-state index contributed by atoms with van der Waals surface area (Å²) in [5.74, 6) is -1.10. The number of hydrogen-bond donors (Lipinski definition) is 1. The van der Waals surface area contributed by atoms with Crippen molar-refractivity contribution in [3.8, 4) is 11.4 Å². The molecule has 6 nitrogen and oxygen atoms in total. The van der Waals surface area contributed by atoms with Crippen LogP contribution >= 0.6 is 0 Å². The van der Waals surface area contributed by atoms with Gasteiger partial charge in [-0.25, -0.2) is 14.2 Å². The summed E-state index contributed by atoms with van der Waals surface area (Å²) in [5, 5.41) is 11.6. The number of fused-ring (bicyclic) bond motifs is 5. The van der Waals surface area contributed by atoms with Gasteiger partial charge >= 0.3 is 5.97 Å². The second-order valence-corrected chi connectivity index (χ2v) is 7.39. The molecular weight excluding hydrogens is 363 g/mol. The lowest BCUT2D eigenvalue weighted by atomic mass is 9.86. The Bertz CT molecular complexity index is 1260. The lowest BCUT2D eigenvalue weighted by molar-refractivity contribution is -0.172. The maximum absolute atomic E-state index is 14.0. The van der Waals surface area contributed by atoms with Crippen LogP contribution in [0.2, 0.25) is 0 Å². The molecule has 142 valence electrons. The first-order valence-electron chi connectivity index (χ1n) is 9.10. The van der Waals surface area contributed by atoms with Crippen molar-refractivity contribution in [1.29, 1.82) is 0 Å². The van der Waals surface area contributed by atoms with Crippen LogP contribution in [-0.4, -0.2) is 20.6 Å². The normalized spacial score (nSPS) is 19.9. The quantitative estimate of drug-likeness (QED) is 0.513. The summed E-state index contributed by atoms with van der Waals surface area (Å²) in [4.78, 5) is 29.8. The van der Waals surface area contributed by atoms with Crippen molar-refractivity contribution < 1.29 is 19.0 Å². The Hall–Kier alpha value is -3.06. The van der Waals surface area contributed by atoms with E-state index in [0.29, 0.717) is 29.0 Å². The standard InChI is InChI=1S/C21H17FN2O4/c1-3-21(27)14-6-17-18-12(5-11-4-10(2)15(22)7-16(11)23-18)8-24(17)19(25)13(14)9-28-20(21)26/h4-7,27H,3,8-9H2,1-2H3/t21-/m0/s1. The van der Waals surface area contributed by atoms with Gasteiger partial charge in [0.05, 0.1) is 29.0 Å². The maximum Gasteiger partial charge on any atom is 0.343 e. The van der Waals surface area contributed by atoms with Gasteiger partial charge in [0, 0.05) is 22.6 Å². The largest absolute Gasteiger partial charge is 0.458 e. The highest BCUT2D eigenvalue weighted by Crippen LogP contribution is 2.38. The molecule has 2 aliphatic rings. The summed E-state index contributed by atoms with van der Waals surface area (Å²) in [6.45, 7) is 3.52. The minimum Gasteiger partial charge on any atom is -0.458 e. The van der Waals surface area contributed by atoms with Gasteiger partial charge < -0.3 is 14.4 Å². The molecule has 28 heavy (non-hydrogen) atoms. The molecule has 1 atom stereocenters. The van der Waals surface area contributed by atoms with Crippen LogP contribution in [0.1, 0.15) is 35.6 Å². The van der Waals surface area contributed by atoms with Crippen molar-refractivity contribution in [1.82, 2.24) is 9.55 Å². The lowest BCUT2D eigenvalue weighted by Crippen LogP contribution is -2.44. The van der Waals surface area contributed by atoms with Crippen LogP contribution in [0.3, 0.4) is 0 Å². The van der Waals surface area contributed by atoms with Crippen molar-refractivity contribution in [2.75, 3.05) is 0 Å². The molecule has 0 aliphatic carbocycles. The molecule has 1 aromatic carbocycles. The number of hydrogen-bond acceptors (Lipinski definition) is 5. The molecule has 0 saturated heterocycles. The second kappa shape index (κ2) is 5.48. The zero-order valence-corrected chi connectivity index (χ0v) is 15.4. The van der Waals surface area contributed by atoms with Crippen LogP contribution in [0.15, 0.2) is 29.1 Å². The fourth-order valence-corrected chi connectivity index (χ4v) is 4.12. The molecule has 0 saturated carbocycles. The van der Waals surface area contributed by atoms with E-state index in [4.69, 9.17) is 4.74 Å². The average Bonchev–Trinajstić information content (AvgIpc) is 3.02. The number of ether oxygens (including phenoxy) is 1. The van der Waals surface area contributed by atoms with Crippen molar-refractivity contribution in [3.05, 3.63) is 62.7 Å². The molecule has 0 fully saturated rings. The molecule has 2 aromatic heterocycles. The van der Waals surface area contributed by atoms with E-state index < -0.39 is 11.6 Å². The zero-order valence-electron chi connectivity index (χ0n) is 15.4. The molecule has 0 spiro atoms. The molecule has 0 unspecified atom stereocenters. The topological polar surface area (TPSA) is 81.4 Å². The van der Waals surface area contributed by atoms with Gasteiger partial charge in [-0.05, 0) is 37.1 Å². The van der Waals surface area contributed by atoms with E-state index >= 15 is 0 Å². The summed E-state index contributed by atoms with van der Waals surface area (Å²) in [7, 11) is 0. The second-order valence-electron chi connectivity index (χ2n) is 7.39. The number of carbonyl (C=O) groups is 1. The molecule has 0 amide bonds. The Morgan fingerprint density at radius 3 is 2.82 bits per heavy atom. The lowest BCUT2D eigenvalue weighted by Gasteiger charge is -2.31. The molecule has 1 N–H and O–H groups in total. The first-order valence-corrected chi connectivity index (χ1v) is 9.10. The van der Waals surface area contributed by atoms with E-state index in [-0.39, 0.29) is 35.5 Å². The van der Waals surface area contributed by atoms with Crippen molar-refractivity contribution in [2.45, 2.75) is 39.0 Å². The van der Waals surface area contributed by atoms with Gasteiger partial charge in [-0.3, -0.25) is 4.79 Å². The monoisotopic (exact) mass is 380 g/mol. The fourth-order valence-electron chi connectivity index (χ4n) is 4.12. The van der Waals surface area contributed by atoms with Gasteiger partial charge in [0.2, 0.25) is 0 Å². The van der Waals surface area contributed by atoms with Crippen LogP contribution < -0.4 is 5.56 Å². The minimum absolute atomic E-state index is 0.0875. The van der Waals surface area contributed by atoms with E-state index in [2.05, 4.69) is 4.98 Å². The predicted molar refractivity (Wildman–Crippen MR) is 99.2 cm³/mol. The zero-order chi connectivity index (χ0) is 19.8. The van der Waals surface area contributed by atoms with E-state index in [9.17, 15) is 19.1 Å². The molecule has 0 bridgehead atoms. The SMILES string of the molecule is CC[C@@]1(O)C(=O)OCc2c1cc1n(c2=O)Cc2cc3cc(C)c(F)cc3nc2-1. The first-order chi connectivity index (χ1) is 13.3. The third kappa shape index (κ3) is 2.08. The van der Waals surface area contributed by atoms with Crippen molar-refractivity contribution in [3.63, 3.8) is 0 Å². The average molecular weight is 380 g/mol. The fraction of sp³-hybridized carbons (Fsp3) is 0.286. The number of aromatic nitrogens is 2.